The number of nitrogens with zero attached hydrogens (tertiary/aromatic N) is 2. The number of rotatable bonds is 4. The monoisotopic (exact) mass is 464 g/mol. The lowest BCUT2D eigenvalue weighted by Crippen LogP contribution is -2.49. The maximum Gasteiger partial charge on any atom is 0.273 e. The van der Waals surface area contributed by atoms with Gasteiger partial charge >= 0.3 is 0 Å². The van der Waals surface area contributed by atoms with E-state index >= 15 is 0 Å². The Morgan fingerprint density at radius 1 is 0.900 bits per heavy atom. The number of hydrogen-bond acceptors (Lipinski definition) is 3. The molecular formula is C22H19Cl3N2O3. The summed E-state index contributed by atoms with van der Waals surface area (Å²) >= 11 is 18.1. The van der Waals surface area contributed by atoms with Gasteiger partial charge in [-0.2, -0.15) is 5.01 Å². The maximum absolute atomic E-state index is 13.4. The first-order valence-corrected chi connectivity index (χ1v) is 10.9. The number of imide groups is 1. The SMILES string of the molecule is O=C(c1ccc(Cl)cc1)N(Cc1ccc(Cl)c(Cl)c1)N1C(=O)C2CCCCC2C1=O. The van der Waals surface area contributed by atoms with Gasteiger partial charge < -0.3 is 0 Å². The van der Waals surface area contributed by atoms with Gasteiger partial charge in [-0.1, -0.05) is 53.7 Å². The van der Waals surface area contributed by atoms with E-state index in [1.807, 2.05) is 0 Å². The summed E-state index contributed by atoms with van der Waals surface area (Å²) in [5, 5.41) is 3.46. The summed E-state index contributed by atoms with van der Waals surface area (Å²) < 4.78 is 0. The maximum atomic E-state index is 13.4. The average Bonchev–Trinajstić information content (AvgIpc) is 2.99. The molecule has 1 aliphatic carbocycles. The van der Waals surface area contributed by atoms with E-state index in [2.05, 4.69) is 0 Å². The van der Waals surface area contributed by atoms with Crippen LogP contribution >= 0.6 is 34.8 Å². The van der Waals surface area contributed by atoms with Gasteiger partial charge in [0.25, 0.3) is 17.7 Å². The fraction of sp³-hybridized carbons (Fsp3) is 0.318. The summed E-state index contributed by atoms with van der Waals surface area (Å²) in [6.07, 6.45) is 3.15. The van der Waals surface area contributed by atoms with Crippen molar-refractivity contribution in [2.24, 2.45) is 11.8 Å². The summed E-state index contributed by atoms with van der Waals surface area (Å²) in [5.74, 6) is -1.81. The van der Waals surface area contributed by atoms with Gasteiger partial charge in [-0.05, 0) is 54.8 Å². The highest BCUT2D eigenvalue weighted by Gasteiger charge is 2.51. The predicted octanol–water partition coefficient (Wildman–Crippen LogP) is 5.38. The molecule has 156 valence electrons. The van der Waals surface area contributed by atoms with E-state index in [0.717, 1.165) is 17.9 Å². The molecule has 30 heavy (non-hydrogen) atoms. The number of hydrazine groups is 1. The lowest BCUT2D eigenvalue weighted by molar-refractivity contribution is -0.155. The number of halogens is 3. The molecule has 1 saturated heterocycles. The fourth-order valence-electron chi connectivity index (χ4n) is 4.17. The molecule has 0 aromatic heterocycles. The third-order valence-corrected chi connectivity index (χ3v) is 6.69. The molecule has 1 saturated carbocycles. The number of fused-ring (bicyclic) bond motifs is 1. The molecule has 4 rings (SSSR count). The van der Waals surface area contributed by atoms with Crippen molar-refractivity contribution in [3.05, 3.63) is 68.7 Å². The van der Waals surface area contributed by atoms with Crippen LogP contribution in [0.4, 0.5) is 0 Å². The van der Waals surface area contributed by atoms with Crippen molar-refractivity contribution in [2.45, 2.75) is 32.2 Å². The van der Waals surface area contributed by atoms with Crippen LogP contribution in [0.25, 0.3) is 0 Å². The molecule has 2 aromatic carbocycles. The van der Waals surface area contributed by atoms with Gasteiger partial charge in [0.05, 0.1) is 28.4 Å². The number of carbonyl (C=O) groups is 3. The Bertz CT molecular complexity index is 985. The van der Waals surface area contributed by atoms with Crippen LogP contribution in [-0.2, 0) is 16.1 Å². The summed E-state index contributed by atoms with van der Waals surface area (Å²) in [6.45, 7) is 0.00920. The molecule has 8 heteroatoms. The number of hydrogen-bond donors (Lipinski definition) is 0. The van der Waals surface area contributed by atoms with Gasteiger partial charge in [0.2, 0.25) is 0 Å². The van der Waals surface area contributed by atoms with Crippen molar-refractivity contribution in [3.8, 4) is 0 Å². The first-order chi connectivity index (χ1) is 14.4. The second kappa shape index (κ2) is 8.58. The van der Waals surface area contributed by atoms with E-state index in [9.17, 15) is 14.4 Å². The van der Waals surface area contributed by atoms with Crippen molar-refractivity contribution in [2.75, 3.05) is 0 Å². The van der Waals surface area contributed by atoms with E-state index < -0.39 is 5.91 Å². The molecule has 0 spiro atoms. The van der Waals surface area contributed by atoms with Gasteiger partial charge in [0.1, 0.15) is 0 Å². The Hall–Kier alpha value is -2.08. The molecule has 2 unspecified atom stereocenters. The third kappa shape index (κ3) is 3.94. The van der Waals surface area contributed by atoms with Crippen LogP contribution in [0, 0.1) is 11.8 Å². The third-order valence-electron chi connectivity index (χ3n) is 5.70. The highest BCUT2D eigenvalue weighted by molar-refractivity contribution is 6.42. The van der Waals surface area contributed by atoms with Gasteiger partial charge in [-0.3, -0.25) is 14.4 Å². The van der Waals surface area contributed by atoms with Crippen LogP contribution in [0.2, 0.25) is 15.1 Å². The minimum atomic E-state index is -0.460. The number of amides is 3. The standard InChI is InChI=1S/C22H19Cl3N2O3/c23-15-8-6-14(7-9-15)20(28)26(12-13-5-10-18(24)19(25)11-13)27-21(29)16-3-1-2-4-17(16)22(27)30/h5-11,16-17H,1-4,12H2. The first kappa shape index (κ1) is 21.2. The molecule has 2 aliphatic rings. The van der Waals surface area contributed by atoms with Crippen molar-refractivity contribution >= 4 is 52.5 Å². The number of carbonyl (C=O) groups excluding carboxylic acids is 3. The zero-order chi connectivity index (χ0) is 21.4. The predicted molar refractivity (Wildman–Crippen MR) is 115 cm³/mol. The highest BCUT2D eigenvalue weighted by Crippen LogP contribution is 2.39. The normalized spacial score (nSPS) is 21.0. The molecule has 5 nitrogen and oxygen atoms in total. The molecule has 2 fully saturated rings. The molecule has 2 atom stereocenters. The van der Waals surface area contributed by atoms with Gasteiger partial charge in [-0.15, -0.1) is 0 Å². The van der Waals surface area contributed by atoms with Gasteiger partial charge in [0.15, 0.2) is 0 Å². The van der Waals surface area contributed by atoms with Crippen LogP contribution < -0.4 is 0 Å². The summed E-state index contributed by atoms with van der Waals surface area (Å²) in [7, 11) is 0. The minimum Gasteiger partial charge on any atom is -0.272 e. The largest absolute Gasteiger partial charge is 0.273 e. The minimum absolute atomic E-state index is 0.00920. The van der Waals surface area contributed by atoms with Crippen molar-refractivity contribution in [1.29, 1.82) is 0 Å². The molecule has 3 amide bonds. The molecule has 2 aromatic rings. The average molecular weight is 466 g/mol. The van der Waals surface area contributed by atoms with Crippen LogP contribution in [0.15, 0.2) is 42.5 Å². The van der Waals surface area contributed by atoms with E-state index in [1.54, 1.807) is 42.5 Å². The second-order valence-corrected chi connectivity index (χ2v) is 8.85. The smallest absolute Gasteiger partial charge is 0.272 e. The first-order valence-electron chi connectivity index (χ1n) is 9.76. The Labute approximate surface area is 189 Å². The van der Waals surface area contributed by atoms with Crippen LogP contribution in [0.3, 0.4) is 0 Å². The second-order valence-electron chi connectivity index (χ2n) is 7.60. The van der Waals surface area contributed by atoms with Crippen LogP contribution in [0.5, 0.6) is 0 Å². The Kier molecular flexibility index (Phi) is 6.05. The Morgan fingerprint density at radius 3 is 2.07 bits per heavy atom. The lowest BCUT2D eigenvalue weighted by atomic mass is 9.81. The number of benzene rings is 2. The van der Waals surface area contributed by atoms with Crippen LogP contribution in [-0.4, -0.2) is 27.7 Å². The lowest BCUT2D eigenvalue weighted by Gasteiger charge is -2.30. The van der Waals surface area contributed by atoms with Crippen LogP contribution in [0.1, 0.15) is 41.6 Å². The van der Waals surface area contributed by atoms with Crippen molar-refractivity contribution in [1.82, 2.24) is 10.0 Å². The molecule has 0 N–H and O–H groups in total. The van der Waals surface area contributed by atoms with Gasteiger partial charge in [0, 0.05) is 10.6 Å². The molecule has 0 bridgehead atoms. The van der Waals surface area contributed by atoms with Crippen molar-refractivity contribution in [3.63, 3.8) is 0 Å². The summed E-state index contributed by atoms with van der Waals surface area (Å²) in [6, 6.07) is 11.3. The van der Waals surface area contributed by atoms with E-state index in [-0.39, 0.29) is 30.2 Å². The van der Waals surface area contributed by atoms with Crippen molar-refractivity contribution < 1.29 is 14.4 Å². The molecular weight excluding hydrogens is 447 g/mol. The van der Waals surface area contributed by atoms with Gasteiger partial charge in [-0.25, -0.2) is 5.01 Å². The Morgan fingerprint density at radius 2 is 1.50 bits per heavy atom. The zero-order valence-corrected chi connectivity index (χ0v) is 18.3. The van der Waals surface area contributed by atoms with E-state index in [4.69, 9.17) is 34.8 Å². The summed E-state index contributed by atoms with van der Waals surface area (Å²) in [4.78, 5) is 39.6. The van der Waals surface area contributed by atoms with E-state index in [0.29, 0.717) is 39.0 Å². The topological polar surface area (TPSA) is 57.7 Å². The molecule has 1 aliphatic heterocycles. The zero-order valence-electron chi connectivity index (χ0n) is 16.0. The highest BCUT2D eigenvalue weighted by atomic mass is 35.5. The fourth-order valence-corrected chi connectivity index (χ4v) is 4.62. The van der Waals surface area contributed by atoms with E-state index in [1.165, 1.54) is 5.01 Å². The summed E-state index contributed by atoms with van der Waals surface area (Å²) in [5.41, 5.74) is 0.983. The molecule has 0 radical (unpaired) electrons. The quantitative estimate of drug-likeness (QED) is 0.570. The molecule has 1 heterocycles. The Balaban J connectivity index is 1.71.